The Bertz CT molecular complexity index is 310. The van der Waals surface area contributed by atoms with Crippen molar-refractivity contribution in [3.8, 4) is 0 Å². The highest BCUT2D eigenvalue weighted by Crippen LogP contribution is 2.13. The van der Waals surface area contributed by atoms with E-state index < -0.39 is 0 Å². The van der Waals surface area contributed by atoms with Crippen LogP contribution in [0.1, 0.15) is 18.7 Å². The van der Waals surface area contributed by atoms with Gasteiger partial charge in [-0.05, 0) is 31.8 Å². The molecule has 3 N–H and O–H groups in total. The predicted molar refractivity (Wildman–Crippen MR) is 48.5 cm³/mol. The smallest absolute Gasteiger partial charge is 0.316 e. The van der Waals surface area contributed by atoms with Gasteiger partial charge >= 0.3 is 5.69 Å². The van der Waals surface area contributed by atoms with Gasteiger partial charge in [-0.25, -0.2) is 9.89 Å². The summed E-state index contributed by atoms with van der Waals surface area (Å²) >= 11 is 0. The molecule has 1 atom stereocenters. The molecule has 1 unspecified atom stereocenters. The summed E-state index contributed by atoms with van der Waals surface area (Å²) in [5.41, 5.74) is -0.209. The van der Waals surface area contributed by atoms with E-state index >= 15 is 0 Å². The van der Waals surface area contributed by atoms with Crippen LogP contribution in [0.3, 0.4) is 0 Å². The molecule has 1 aliphatic rings. The standard InChI is InChI=1S/C8H14N4O/c13-8-10-7(11-12-8)2-1-6-3-4-9-5-6/h6,9H,1-5H2,(H2,10,11,12,13). The maximum absolute atomic E-state index is 10.7. The van der Waals surface area contributed by atoms with Gasteiger partial charge < -0.3 is 5.32 Å². The lowest BCUT2D eigenvalue weighted by Crippen LogP contribution is -2.10. The quantitative estimate of drug-likeness (QED) is 0.597. The van der Waals surface area contributed by atoms with Crippen LogP contribution in [0.15, 0.2) is 4.79 Å². The van der Waals surface area contributed by atoms with E-state index in [1.54, 1.807) is 0 Å². The Balaban J connectivity index is 1.82. The molecule has 0 aromatic carbocycles. The molecule has 72 valence electrons. The number of aromatic amines is 2. The largest absolute Gasteiger partial charge is 0.340 e. The lowest BCUT2D eigenvalue weighted by molar-refractivity contribution is 0.525. The average Bonchev–Trinajstić information content (AvgIpc) is 2.71. The summed E-state index contributed by atoms with van der Waals surface area (Å²) in [5.74, 6) is 1.53. The SMILES string of the molecule is O=c1[nH]nc(CCC2CCNC2)[nH]1. The van der Waals surface area contributed by atoms with E-state index in [1.165, 1.54) is 6.42 Å². The third kappa shape index (κ3) is 2.18. The Hall–Kier alpha value is -1.10. The van der Waals surface area contributed by atoms with E-state index in [2.05, 4.69) is 20.5 Å². The summed E-state index contributed by atoms with van der Waals surface area (Å²) in [6.45, 7) is 2.23. The van der Waals surface area contributed by atoms with Crippen molar-refractivity contribution < 1.29 is 0 Å². The first-order valence-electron chi connectivity index (χ1n) is 4.69. The molecular formula is C8H14N4O. The first kappa shape index (κ1) is 8.50. The molecule has 5 nitrogen and oxygen atoms in total. The zero-order chi connectivity index (χ0) is 9.10. The van der Waals surface area contributed by atoms with Gasteiger partial charge in [0.2, 0.25) is 0 Å². The molecule has 2 rings (SSSR count). The fraction of sp³-hybridized carbons (Fsp3) is 0.750. The van der Waals surface area contributed by atoms with Crippen LogP contribution >= 0.6 is 0 Å². The normalized spacial score (nSPS) is 22.3. The summed E-state index contributed by atoms with van der Waals surface area (Å²) in [6, 6.07) is 0. The minimum atomic E-state index is -0.209. The third-order valence-electron chi connectivity index (χ3n) is 2.50. The topological polar surface area (TPSA) is 73.6 Å². The van der Waals surface area contributed by atoms with E-state index in [-0.39, 0.29) is 5.69 Å². The van der Waals surface area contributed by atoms with Crippen LogP contribution in [0.2, 0.25) is 0 Å². The zero-order valence-corrected chi connectivity index (χ0v) is 7.47. The van der Waals surface area contributed by atoms with Crippen molar-refractivity contribution >= 4 is 0 Å². The molecule has 0 aliphatic carbocycles. The summed E-state index contributed by atoms with van der Waals surface area (Å²) in [5, 5.41) is 9.54. The first-order valence-corrected chi connectivity index (χ1v) is 4.69. The molecule has 0 saturated carbocycles. The van der Waals surface area contributed by atoms with E-state index in [0.29, 0.717) is 0 Å². The molecular weight excluding hydrogens is 168 g/mol. The number of hydrogen-bond acceptors (Lipinski definition) is 3. The molecule has 1 saturated heterocycles. The Morgan fingerprint density at radius 3 is 3.08 bits per heavy atom. The number of nitrogens with one attached hydrogen (secondary N) is 3. The van der Waals surface area contributed by atoms with Gasteiger partial charge in [0.1, 0.15) is 5.82 Å². The molecule has 0 spiro atoms. The minimum absolute atomic E-state index is 0.209. The maximum atomic E-state index is 10.7. The van der Waals surface area contributed by atoms with E-state index in [9.17, 15) is 4.79 Å². The Morgan fingerprint density at radius 1 is 1.54 bits per heavy atom. The third-order valence-corrected chi connectivity index (χ3v) is 2.50. The summed E-state index contributed by atoms with van der Waals surface area (Å²) in [6.07, 6.45) is 3.22. The van der Waals surface area contributed by atoms with Crippen LogP contribution in [-0.4, -0.2) is 28.3 Å². The molecule has 13 heavy (non-hydrogen) atoms. The second-order valence-electron chi connectivity index (χ2n) is 3.52. The number of aryl methyl sites for hydroxylation is 1. The highest BCUT2D eigenvalue weighted by atomic mass is 16.1. The molecule has 1 fully saturated rings. The van der Waals surface area contributed by atoms with Crippen LogP contribution in [-0.2, 0) is 6.42 Å². The van der Waals surface area contributed by atoms with Crippen LogP contribution in [0.5, 0.6) is 0 Å². The minimum Gasteiger partial charge on any atom is -0.316 e. The predicted octanol–water partition coefficient (Wildman–Crippen LogP) is -0.360. The van der Waals surface area contributed by atoms with Gasteiger partial charge in [-0.2, -0.15) is 5.10 Å². The molecule has 0 bridgehead atoms. The van der Waals surface area contributed by atoms with Crippen molar-refractivity contribution in [2.45, 2.75) is 19.3 Å². The molecule has 0 amide bonds. The van der Waals surface area contributed by atoms with Crippen LogP contribution < -0.4 is 11.0 Å². The van der Waals surface area contributed by atoms with Gasteiger partial charge in [-0.1, -0.05) is 0 Å². The van der Waals surface area contributed by atoms with Crippen molar-refractivity contribution in [3.05, 3.63) is 16.3 Å². The molecule has 1 aliphatic heterocycles. The van der Waals surface area contributed by atoms with Crippen LogP contribution in [0.25, 0.3) is 0 Å². The Kier molecular flexibility index (Phi) is 2.44. The fourth-order valence-electron chi connectivity index (χ4n) is 1.73. The number of H-pyrrole nitrogens is 2. The van der Waals surface area contributed by atoms with E-state index in [4.69, 9.17) is 0 Å². The highest BCUT2D eigenvalue weighted by molar-refractivity contribution is 4.83. The number of aromatic nitrogens is 3. The van der Waals surface area contributed by atoms with Gasteiger partial charge in [0.05, 0.1) is 0 Å². The second-order valence-corrected chi connectivity index (χ2v) is 3.52. The maximum Gasteiger partial charge on any atom is 0.340 e. The summed E-state index contributed by atoms with van der Waals surface area (Å²) in [4.78, 5) is 13.4. The molecule has 1 aromatic rings. The summed E-state index contributed by atoms with van der Waals surface area (Å²) < 4.78 is 0. The number of hydrogen-bond donors (Lipinski definition) is 3. The van der Waals surface area contributed by atoms with Crippen molar-refractivity contribution in [1.29, 1.82) is 0 Å². The van der Waals surface area contributed by atoms with Gasteiger partial charge in [-0.15, -0.1) is 0 Å². The van der Waals surface area contributed by atoms with E-state index in [0.717, 1.165) is 37.7 Å². The number of nitrogens with zero attached hydrogens (tertiary/aromatic N) is 1. The van der Waals surface area contributed by atoms with Crippen molar-refractivity contribution in [2.75, 3.05) is 13.1 Å². The average molecular weight is 182 g/mol. The van der Waals surface area contributed by atoms with Gasteiger partial charge in [0.25, 0.3) is 0 Å². The van der Waals surface area contributed by atoms with Gasteiger partial charge in [0, 0.05) is 6.42 Å². The van der Waals surface area contributed by atoms with E-state index in [1.807, 2.05) is 0 Å². The Labute approximate surface area is 75.9 Å². The van der Waals surface area contributed by atoms with Gasteiger partial charge in [-0.3, -0.25) is 4.98 Å². The lowest BCUT2D eigenvalue weighted by atomic mass is 10.0. The molecule has 5 heteroatoms. The number of rotatable bonds is 3. The monoisotopic (exact) mass is 182 g/mol. The highest BCUT2D eigenvalue weighted by Gasteiger charge is 2.14. The van der Waals surface area contributed by atoms with Crippen LogP contribution in [0.4, 0.5) is 0 Å². The van der Waals surface area contributed by atoms with Crippen molar-refractivity contribution in [3.63, 3.8) is 0 Å². The first-order chi connectivity index (χ1) is 6.34. The second kappa shape index (κ2) is 3.74. The molecule has 1 aromatic heterocycles. The van der Waals surface area contributed by atoms with Crippen LogP contribution in [0, 0.1) is 5.92 Å². The molecule has 0 radical (unpaired) electrons. The zero-order valence-electron chi connectivity index (χ0n) is 7.47. The van der Waals surface area contributed by atoms with Crippen molar-refractivity contribution in [1.82, 2.24) is 20.5 Å². The Morgan fingerprint density at radius 2 is 2.46 bits per heavy atom. The van der Waals surface area contributed by atoms with Crippen molar-refractivity contribution in [2.24, 2.45) is 5.92 Å². The fourth-order valence-corrected chi connectivity index (χ4v) is 1.73. The molecule has 2 heterocycles. The lowest BCUT2D eigenvalue weighted by Gasteiger charge is -2.04. The van der Waals surface area contributed by atoms with Gasteiger partial charge in [0.15, 0.2) is 0 Å². The summed E-state index contributed by atoms with van der Waals surface area (Å²) in [7, 11) is 0.